The lowest BCUT2D eigenvalue weighted by molar-refractivity contribution is -0.137. The third kappa shape index (κ3) is 6.52. The van der Waals surface area contributed by atoms with Gasteiger partial charge in [0, 0.05) is 29.7 Å². The molecule has 3 aliphatic rings. The fraction of sp³-hybridized carbons (Fsp3) is 0.519. The SMILES string of the molecule is CS(=O)(=O)NC(=O)c1cc(C2CC2)c(OCC2CC3CCC(C2)N3Cc2cc(C(F)(F)F)ccc2Cl)cc1F. The Hall–Kier alpha value is -2.37. The van der Waals surface area contributed by atoms with Crippen LogP contribution in [0.3, 0.4) is 0 Å². The molecule has 1 amide bonds. The third-order valence-corrected chi connectivity index (χ3v) is 8.75. The molecule has 2 aliphatic heterocycles. The van der Waals surface area contributed by atoms with Crippen LogP contribution in [0.5, 0.6) is 5.75 Å². The largest absolute Gasteiger partial charge is 0.493 e. The summed E-state index contributed by atoms with van der Waals surface area (Å²) in [5.74, 6) is -1.22. The van der Waals surface area contributed by atoms with Crippen LogP contribution in [0, 0.1) is 11.7 Å². The van der Waals surface area contributed by atoms with Gasteiger partial charge in [-0.15, -0.1) is 0 Å². The zero-order valence-corrected chi connectivity index (χ0v) is 22.8. The van der Waals surface area contributed by atoms with Crippen molar-refractivity contribution in [1.82, 2.24) is 9.62 Å². The molecular formula is C27H29ClF4N2O4S. The molecule has 1 aliphatic carbocycles. The topological polar surface area (TPSA) is 75.7 Å². The second-order valence-corrected chi connectivity index (χ2v) is 13.0. The Morgan fingerprint density at radius 3 is 2.36 bits per heavy atom. The van der Waals surface area contributed by atoms with Gasteiger partial charge in [0.2, 0.25) is 10.0 Å². The maximum atomic E-state index is 14.8. The molecule has 2 bridgehead atoms. The number of nitrogens with zero attached hydrogens (tertiary/aromatic N) is 1. The van der Waals surface area contributed by atoms with Gasteiger partial charge < -0.3 is 4.74 Å². The highest BCUT2D eigenvalue weighted by atomic mass is 35.5. The van der Waals surface area contributed by atoms with Gasteiger partial charge in [-0.05, 0) is 85.8 Å². The van der Waals surface area contributed by atoms with Gasteiger partial charge in [0.1, 0.15) is 11.6 Å². The van der Waals surface area contributed by atoms with Crippen molar-refractivity contribution in [2.75, 3.05) is 12.9 Å². The number of piperidine rings is 1. The highest BCUT2D eigenvalue weighted by molar-refractivity contribution is 7.89. The van der Waals surface area contributed by atoms with E-state index in [9.17, 15) is 30.8 Å². The summed E-state index contributed by atoms with van der Waals surface area (Å²) in [5, 5.41) is 0.316. The number of rotatable bonds is 8. The van der Waals surface area contributed by atoms with Crippen LogP contribution >= 0.6 is 11.6 Å². The summed E-state index contributed by atoms with van der Waals surface area (Å²) in [6.07, 6.45) is 1.59. The van der Waals surface area contributed by atoms with Gasteiger partial charge in [0.25, 0.3) is 5.91 Å². The number of benzene rings is 2. The zero-order valence-electron chi connectivity index (χ0n) is 21.2. The maximum absolute atomic E-state index is 14.8. The number of alkyl halides is 3. The van der Waals surface area contributed by atoms with E-state index >= 15 is 0 Å². The fourth-order valence-corrected chi connectivity index (χ4v) is 6.49. The van der Waals surface area contributed by atoms with Crippen LogP contribution in [0.1, 0.15) is 71.5 Å². The van der Waals surface area contributed by atoms with Gasteiger partial charge in [-0.3, -0.25) is 9.69 Å². The van der Waals surface area contributed by atoms with Crippen LogP contribution in [0.2, 0.25) is 5.02 Å². The Bertz CT molecular complexity index is 1370. The predicted molar refractivity (Wildman–Crippen MR) is 138 cm³/mol. The highest BCUT2D eigenvalue weighted by Gasteiger charge is 2.41. The normalized spacial score (nSPS) is 23.6. The first-order valence-corrected chi connectivity index (χ1v) is 15.1. The Morgan fingerprint density at radius 1 is 1.10 bits per heavy atom. The van der Waals surface area contributed by atoms with Crippen LogP contribution in [0.15, 0.2) is 30.3 Å². The van der Waals surface area contributed by atoms with Gasteiger partial charge in [-0.2, -0.15) is 13.2 Å². The number of carbonyl (C=O) groups is 1. The molecule has 0 radical (unpaired) electrons. The van der Waals surface area contributed by atoms with Crippen molar-refractivity contribution in [3.8, 4) is 5.75 Å². The first kappa shape index (κ1) is 28.2. The number of carbonyl (C=O) groups excluding carboxylic acids is 1. The summed E-state index contributed by atoms with van der Waals surface area (Å²) in [6, 6.07) is 6.33. The quantitative estimate of drug-likeness (QED) is 0.390. The Balaban J connectivity index is 1.25. The molecule has 2 unspecified atom stereocenters. The number of fused-ring (bicyclic) bond motifs is 2. The van der Waals surface area contributed by atoms with Crippen LogP contribution < -0.4 is 9.46 Å². The van der Waals surface area contributed by atoms with Crippen molar-refractivity contribution in [3.63, 3.8) is 0 Å². The first-order valence-electron chi connectivity index (χ1n) is 12.9. The molecule has 212 valence electrons. The van der Waals surface area contributed by atoms with E-state index in [1.54, 1.807) is 4.72 Å². The second kappa shape index (κ2) is 10.6. The molecular weight excluding hydrogens is 560 g/mol. The Labute approximate surface area is 229 Å². The number of ether oxygens (including phenoxy) is 1. The lowest BCUT2D eigenvalue weighted by atomic mass is 9.90. The molecule has 6 nitrogen and oxygen atoms in total. The van der Waals surface area contributed by atoms with Crippen LogP contribution in [0.25, 0.3) is 0 Å². The number of hydrogen-bond acceptors (Lipinski definition) is 5. The molecule has 2 aromatic carbocycles. The van der Waals surface area contributed by atoms with E-state index in [1.165, 1.54) is 12.1 Å². The number of halogens is 5. The van der Waals surface area contributed by atoms with E-state index in [-0.39, 0.29) is 29.5 Å². The second-order valence-electron chi connectivity index (χ2n) is 10.9. The van der Waals surface area contributed by atoms with Crippen molar-refractivity contribution >= 4 is 27.5 Å². The molecule has 2 heterocycles. The molecule has 2 atom stereocenters. The zero-order chi connectivity index (χ0) is 28.1. The summed E-state index contributed by atoms with van der Waals surface area (Å²) in [5.41, 5.74) is 0.0996. The average molecular weight is 589 g/mol. The maximum Gasteiger partial charge on any atom is 0.416 e. The summed E-state index contributed by atoms with van der Waals surface area (Å²) < 4.78 is 85.2. The molecule has 12 heteroatoms. The van der Waals surface area contributed by atoms with Gasteiger partial charge in [0.05, 0.1) is 24.0 Å². The van der Waals surface area contributed by atoms with Crippen LogP contribution in [-0.4, -0.2) is 44.2 Å². The van der Waals surface area contributed by atoms with Gasteiger partial charge >= 0.3 is 6.18 Å². The van der Waals surface area contributed by atoms with Crippen molar-refractivity contribution in [2.24, 2.45) is 5.92 Å². The van der Waals surface area contributed by atoms with Gasteiger partial charge in [0.15, 0.2) is 0 Å². The minimum atomic E-state index is -4.43. The van der Waals surface area contributed by atoms with E-state index < -0.39 is 33.5 Å². The number of hydrogen-bond donors (Lipinski definition) is 1. The number of nitrogens with one attached hydrogen (secondary N) is 1. The van der Waals surface area contributed by atoms with E-state index in [0.29, 0.717) is 35.1 Å². The van der Waals surface area contributed by atoms with Crippen molar-refractivity contribution < 1.29 is 35.5 Å². The summed E-state index contributed by atoms with van der Waals surface area (Å²) in [4.78, 5) is 14.5. The minimum Gasteiger partial charge on any atom is -0.493 e. The monoisotopic (exact) mass is 588 g/mol. The fourth-order valence-electron chi connectivity index (χ4n) is 5.87. The summed E-state index contributed by atoms with van der Waals surface area (Å²) in [7, 11) is -3.84. The average Bonchev–Trinajstić information content (AvgIpc) is 3.64. The molecule has 2 aromatic rings. The standard InChI is InChI=1S/C27H29ClF4N2O4S/c1-39(36,37)33-26(35)22-11-21(16-2-3-16)25(12-24(22)29)38-14-15-8-19-5-6-20(9-15)34(19)13-17-10-18(27(30,31)32)4-7-23(17)28/h4,7,10-12,15-16,19-20H,2-3,5-6,8-9,13-14H2,1H3,(H,33,35). The predicted octanol–water partition coefficient (Wildman–Crippen LogP) is 5.89. The number of sulfonamides is 1. The smallest absolute Gasteiger partial charge is 0.416 e. The van der Waals surface area contributed by atoms with E-state index in [0.717, 1.165) is 63.0 Å². The lowest BCUT2D eigenvalue weighted by Crippen LogP contribution is -2.43. The Morgan fingerprint density at radius 2 is 1.77 bits per heavy atom. The summed E-state index contributed by atoms with van der Waals surface area (Å²) in [6.45, 7) is 0.693. The van der Waals surface area contributed by atoms with Crippen LogP contribution in [-0.2, 0) is 22.7 Å². The third-order valence-electron chi connectivity index (χ3n) is 7.82. The summed E-state index contributed by atoms with van der Waals surface area (Å²) >= 11 is 6.25. The van der Waals surface area contributed by atoms with E-state index in [4.69, 9.17) is 16.3 Å². The Kier molecular flexibility index (Phi) is 7.62. The molecule has 2 saturated heterocycles. The van der Waals surface area contributed by atoms with Gasteiger partial charge in [-0.1, -0.05) is 11.6 Å². The van der Waals surface area contributed by atoms with Gasteiger partial charge in [-0.25, -0.2) is 17.5 Å². The van der Waals surface area contributed by atoms with Crippen molar-refractivity contribution in [3.05, 3.63) is 63.4 Å². The van der Waals surface area contributed by atoms with Crippen LogP contribution in [0.4, 0.5) is 17.6 Å². The van der Waals surface area contributed by atoms with Crippen molar-refractivity contribution in [2.45, 2.75) is 69.2 Å². The molecule has 3 fully saturated rings. The molecule has 39 heavy (non-hydrogen) atoms. The molecule has 5 rings (SSSR count). The van der Waals surface area contributed by atoms with E-state index in [2.05, 4.69) is 4.90 Å². The molecule has 1 saturated carbocycles. The number of amides is 1. The van der Waals surface area contributed by atoms with Crippen molar-refractivity contribution in [1.29, 1.82) is 0 Å². The minimum absolute atomic E-state index is 0.126. The first-order chi connectivity index (χ1) is 18.3. The molecule has 1 N–H and O–H groups in total. The van der Waals surface area contributed by atoms with E-state index in [1.807, 2.05) is 0 Å². The lowest BCUT2D eigenvalue weighted by Gasteiger charge is -2.39. The highest BCUT2D eigenvalue weighted by Crippen LogP contribution is 2.46. The molecule has 0 aromatic heterocycles. The molecule has 0 spiro atoms.